The lowest BCUT2D eigenvalue weighted by Gasteiger charge is -2.24. The van der Waals surface area contributed by atoms with E-state index in [1.54, 1.807) is 24.3 Å². The van der Waals surface area contributed by atoms with Gasteiger partial charge >= 0.3 is 0 Å². The van der Waals surface area contributed by atoms with Gasteiger partial charge < -0.3 is 0 Å². The van der Waals surface area contributed by atoms with Crippen LogP contribution in [0.25, 0.3) is 0 Å². The number of hydrogen-bond donors (Lipinski definition) is 0. The van der Waals surface area contributed by atoms with Crippen molar-refractivity contribution in [3.63, 3.8) is 0 Å². The quantitative estimate of drug-likeness (QED) is 0.859. The second kappa shape index (κ2) is 5.45. The van der Waals surface area contributed by atoms with Crippen LogP contribution in [0.4, 0.5) is 5.69 Å². The smallest absolute Gasteiger partial charge is 0.264 e. The monoisotopic (exact) mass is 275 g/mol. The van der Waals surface area contributed by atoms with Gasteiger partial charge in [0.15, 0.2) is 0 Å². The van der Waals surface area contributed by atoms with Crippen molar-refractivity contribution in [1.82, 2.24) is 0 Å². The number of anilines is 1. The Labute approximate surface area is 114 Å². The maximum Gasteiger partial charge on any atom is 0.264 e. The summed E-state index contributed by atoms with van der Waals surface area (Å²) < 4.78 is 26.7. The molecule has 0 heterocycles. The van der Waals surface area contributed by atoms with Crippen molar-refractivity contribution in [3.05, 3.63) is 60.2 Å². The van der Waals surface area contributed by atoms with E-state index in [0.29, 0.717) is 11.4 Å². The maximum absolute atomic E-state index is 12.6. The fourth-order valence-corrected chi connectivity index (χ4v) is 3.59. The predicted molar refractivity (Wildman–Crippen MR) is 77.8 cm³/mol. The molecule has 2 rings (SSSR count). The second-order valence-electron chi connectivity index (χ2n) is 4.27. The molecule has 19 heavy (non-hydrogen) atoms. The van der Waals surface area contributed by atoms with Gasteiger partial charge in [0.05, 0.1) is 10.6 Å². The number of nitrogens with zero attached hydrogens (tertiary/aromatic N) is 1. The molecule has 0 fully saturated rings. The SMILES string of the molecule is CCN(c1ccccc1C)S(=O)(=O)c1ccccc1. The molecule has 0 saturated carbocycles. The summed E-state index contributed by atoms with van der Waals surface area (Å²) in [5.41, 5.74) is 1.68. The second-order valence-corrected chi connectivity index (χ2v) is 6.13. The van der Waals surface area contributed by atoms with Crippen LogP contribution in [0, 0.1) is 6.92 Å². The number of para-hydroxylation sites is 1. The summed E-state index contributed by atoms with van der Waals surface area (Å²) >= 11 is 0. The van der Waals surface area contributed by atoms with Crippen molar-refractivity contribution in [2.75, 3.05) is 10.8 Å². The first kappa shape index (κ1) is 13.6. The lowest BCUT2D eigenvalue weighted by Crippen LogP contribution is -2.31. The summed E-state index contributed by atoms with van der Waals surface area (Å²) in [6.07, 6.45) is 0. The zero-order valence-electron chi connectivity index (χ0n) is 11.1. The molecule has 0 aliphatic rings. The van der Waals surface area contributed by atoms with E-state index in [-0.39, 0.29) is 0 Å². The summed E-state index contributed by atoms with van der Waals surface area (Å²) in [6, 6.07) is 16.0. The number of sulfonamides is 1. The standard InChI is InChI=1S/C15H17NO2S/c1-3-16(15-12-8-7-9-13(15)2)19(17,18)14-10-5-4-6-11-14/h4-12H,3H2,1-2H3. The lowest BCUT2D eigenvalue weighted by molar-refractivity contribution is 0.592. The molecule has 0 N–H and O–H groups in total. The van der Waals surface area contributed by atoms with Gasteiger partial charge in [0.25, 0.3) is 10.0 Å². The Morgan fingerprint density at radius 1 is 0.947 bits per heavy atom. The first-order chi connectivity index (χ1) is 9.07. The van der Waals surface area contributed by atoms with Gasteiger partial charge in [-0.1, -0.05) is 36.4 Å². The van der Waals surface area contributed by atoms with Gasteiger partial charge in [-0.3, -0.25) is 4.31 Å². The first-order valence-corrected chi connectivity index (χ1v) is 7.65. The molecule has 0 saturated heterocycles. The molecule has 0 spiro atoms. The average Bonchev–Trinajstić information content (AvgIpc) is 2.42. The van der Waals surface area contributed by atoms with Gasteiger partial charge in [-0.15, -0.1) is 0 Å². The summed E-state index contributed by atoms with van der Waals surface area (Å²) in [7, 11) is -3.49. The minimum Gasteiger partial charge on any atom is -0.266 e. The van der Waals surface area contributed by atoms with Crippen LogP contribution < -0.4 is 4.31 Å². The van der Waals surface area contributed by atoms with E-state index < -0.39 is 10.0 Å². The Kier molecular flexibility index (Phi) is 3.90. The molecule has 2 aromatic rings. The van der Waals surface area contributed by atoms with Gasteiger partial charge in [-0.2, -0.15) is 0 Å². The molecule has 0 aromatic heterocycles. The molecule has 100 valence electrons. The van der Waals surface area contributed by atoms with Crippen molar-refractivity contribution in [1.29, 1.82) is 0 Å². The highest BCUT2D eigenvalue weighted by Gasteiger charge is 2.23. The van der Waals surface area contributed by atoms with E-state index >= 15 is 0 Å². The molecule has 0 radical (unpaired) electrons. The highest BCUT2D eigenvalue weighted by Crippen LogP contribution is 2.26. The zero-order valence-corrected chi connectivity index (χ0v) is 11.9. The molecule has 0 amide bonds. The number of rotatable bonds is 4. The Morgan fingerprint density at radius 3 is 2.11 bits per heavy atom. The van der Waals surface area contributed by atoms with Gasteiger partial charge in [0, 0.05) is 6.54 Å². The van der Waals surface area contributed by atoms with Crippen LogP contribution in [0.2, 0.25) is 0 Å². The van der Waals surface area contributed by atoms with E-state index in [0.717, 1.165) is 11.3 Å². The van der Waals surface area contributed by atoms with Crippen molar-refractivity contribution >= 4 is 15.7 Å². The summed E-state index contributed by atoms with van der Waals surface area (Å²) in [6.45, 7) is 4.16. The highest BCUT2D eigenvalue weighted by atomic mass is 32.2. The van der Waals surface area contributed by atoms with Crippen molar-refractivity contribution in [2.24, 2.45) is 0 Å². The van der Waals surface area contributed by atoms with Crippen LogP contribution in [-0.4, -0.2) is 15.0 Å². The molecular formula is C15H17NO2S. The van der Waals surface area contributed by atoms with Crippen LogP contribution in [0.5, 0.6) is 0 Å². The van der Waals surface area contributed by atoms with Gasteiger partial charge in [0.2, 0.25) is 0 Å². The molecule has 0 aliphatic heterocycles. The topological polar surface area (TPSA) is 37.4 Å². The van der Waals surface area contributed by atoms with Crippen molar-refractivity contribution in [3.8, 4) is 0 Å². The molecule has 0 atom stereocenters. The van der Waals surface area contributed by atoms with Crippen LogP contribution in [0.3, 0.4) is 0 Å². The number of benzene rings is 2. The molecule has 0 unspecified atom stereocenters. The predicted octanol–water partition coefficient (Wildman–Crippen LogP) is 3.21. The molecular weight excluding hydrogens is 258 g/mol. The van der Waals surface area contributed by atoms with E-state index in [1.165, 1.54) is 4.31 Å². The molecule has 0 bridgehead atoms. The van der Waals surface area contributed by atoms with E-state index in [2.05, 4.69) is 0 Å². The largest absolute Gasteiger partial charge is 0.266 e. The molecule has 3 nitrogen and oxygen atoms in total. The van der Waals surface area contributed by atoms with Crippen LogP contribution in [-0.2, 0) is 10.0 Å². The van der Waals surface area contributed by atoms with E-state index in [1.807, 2.05) is 44.2 Å². The number of hydrogen-bond acceptors (Lipinski definition) is 2. The van der Waals surface area contributed by atoms with Gasteiger partial charge in [0.1, 0.15) is 0 Å². The van der Waals surface area contributed by atoms with E-state index in [9.17, 15) is 8.42 Å². The minimum absolute atomic E-state index is 0.320. The maximum atomic E-state index is 12.6. The minimum atomic E-state index is -3.49. The third-order valence-electron chi connectivity index (χ3n) is 3.00. The normalized spacial score (nSPS) is 11.3. The zero-order chi connectivity index (χ0) is 13.9. The summed E-state index contributed by atoms with van der Waals surface area (Å²) in [5, 5.41) is 0. The Balaban J connectivity index is 2.52. The van der Waals surface area contributed by atoms with Crippen molar-refractivity contribution < 1.29 is 8.42 Å². The van der Waals surface area contributed by atoms with Crippen molar-refractivity contribution in [2.45, 2.75) is 18.7 Å². The van der Waals surface area contributed by atoms with Crippen LogP contribution in [0.1, 0.15) is 12.5 Å². The Bertz CT molecular complexity index is 651. The molecule has 2 aromatic carbocycles. The first-order valence-electron chi connectivity index (χ1n) is 6.21. The molecule has 0 aliphatic carbocycles. The molecule has 4 heteroatoms. The third kappa shape index (κ3) is 2.63. The van der Waals surface area contributed by atoms with Crippen LogP contribution >= 0.6 is 0 Å². The lowest BCUT2D eigenvalue weighted by atomic mass is 10.2. The average molecular weight is 275 g/mol. The highest BCUT2D eigenvalue weighted by molar-refractivity contribution is 7.92. The number of aryl methyl sites for hydroxylation is 1. The summed E-state index contributed by atoms with van der Waals surface area (Å²) in [5.74, 6) is 0. The fraction of sp³-hybridized carbons (Fsp3) is 0.200. The van der Waals surface area contributed by atoms with Gasteiger partial charge in [-0.25, -0.2) is 8.42 Å². The van der Waals surface area contributed by atoms with Crippen LogP contribution in [0.15, 0.2) is 59.5 Å². The van der Waals surface area contributed by atoms with Gasteiger partial charge in [-0.05, 0) is 37.6 Å². The summed E-state index contributed by atoms with van der Waals surface area (Å²) in [4.78, 5) is 0.320. The Hall–Kier alpha value is -1.81. The Morgan fingerprint density at radius 2 is 1.53 bits per heavy atom. The van der Waals surface area contributed by atoms with E-state index in [4.69, 9.17) is 0 Å². The fourth-order valence-electron chi connectivity index (χ4n) is 2.03. The third-order valence-corrected chi connectivity index (χ3v) is 4.91.